The van der Waals surface area contributed by atoms with Gasteiger partial charge >= 0.3 is 0 Å². The van der Waals surface area contributed by atoms with E-state index in [0.717, 1.165) is 0 Å². The molecule has 1 aromatic rings. The molecule has 0 saturated carbocycles. The average Bonchev–Trinajstić information content (AvgIpc) is 2.19. The van der Waals surface area contributed by atoms with Gasteiger partial charge in [0.1, 0.15) is 5.82 Å². The van der Waals surface area contributed by atoms with Crippen molar-refractivity contribution in [1.29, 1.82) is 0 Å². The minimum Gasteiger partial charge on any atom is -0.310 e. The lowest BCUT2D eigenvalue weighted by Gasteiger charge is -2.17. The van der Waals surface area contributed by atoms with Crippen molar-refractivity contribution in [2.24, 2.45) is 5.41 Å². The smallest absolute Gasteiger partial charge is 0.230 e. The standard InChI is InChI=1S/C11H13ClN2O2/c1-11(2,3)10(16)14-9-7(6-15)4-8(12)5-13-9/h4-6H,1-3H3,(H,13,14,16). The molecule has 0 radical (unpaired) electrons. The average molecular weight is 241 g/mol. The Balaban J connectivity index is 2.98. The Morgan fingerprint density at radius 1 is 1.50 bits per heavy atom. The predicted octanol–water partition coefficient (Wildman–Crippen LogP) is 2.53. The number of aromatic nitrogens is 1. The molecule has 0 unspecified atom stereocenters. The molecule has 0 aliphatic rings. The second-order valence-corrected chi connectivity index (χ2v) is 4.85. The number of halogens is 1. The first-order chi connectivity index (χ1) is 7.34. The van der Waals surface area contributed by atoms with Gasteiger partial charge in [-0.2, -0.15) is 0 Å². The van der Waals surface area contributed by atoms with Crippen LogP contribution in [0.25, 0.3) is 0 Å². The Labute approximate surface area is 99.0 Å². The van der Waals surface area contributed by atoms with E-state index in [9.17, 15) is 9.59 Å². The molecule has 1 rings (SSSR count). The van der Waals surface area contributed by atoms with Gasteiger partial charge in [0, 0.05) is 11.6 Å². The second kappa shape index (κ2) is 4.61. The molecule has 1 aromatic heterocycles. The van der Waals surface area contributed by atoms with Crippen molar-refractivity contribution < 1.29 is 9.59 Å². The molecule has 0 bridgehead atoms. The Bertz CT molecular complexity index is 424. The van der Waals surface area contributed by atoms with E-state index in [1.807, 2.05) is 0 Å². The van der Waals surface area contributed by atoms with Crippen molar-refractivity contribution in [2.45, 2.75) is 20.8 Å². The molecule has 1 heterocycles. The highest BCUT2D eigenvalue weighted by Crippen LogP contribution is 2.19. The third kappa shape index (κ3) is 3.03. The highest BCUT2D eigenvalue weighted by atomic mass is 35.5. The van der Waals surface area contributed by atoms with Crippen molar-refractivity contribution >= 4 is 29.6 Å². The Hall–Kier alpha value is -1.42. The summed E-state index contributed by atoms with van der Waals surface area (Å²) in [7, 11) is 0. The minimum absolute atomic E-state index is 0.203. The van der Waals surface area contributed by atoms with Gasteiger partial charge in [0.2, 0.25) is 5.91 Å². The van der Waals surface area contributed by atoms with Crippen LogP contribution in [0.1, 0.15) is 31.1 Å². The van der Waals surface area contributed by atoms with Crippen LogP contribution in [0.3, 0.4) is 0 Å². The van der Waals surface area contributed by atoms with Crippen molar-refractivity contribution in [1.82, 2.24) is 4.98 Å². The second-order valence-electron chi connectivity index (χ2n) is 4.41. The van der Waals surface area contributed by atoms with Crippen LogP contribution in [0.4, 0.5) is 5.82 Å². The number of hydrogen-bond donors (Lipinski definition) is 1. The first kappa shape index (κ1) is 12.6. The van der Waals surface area contributed by atoms with Crippen LogP contribution in [0.5, 0.6) is 0 Å². The van der Waals surface area contributed by atoms with Crippen molar-refractivity contribution in [2.75, 3.05) is 5.32 Å². The normalized spacial score (nSPS) is 11.0. The van der Waals surface area contributed by atoms with E-state index < -0.39 is 5.41 Å². The maximum Gasteiger partial charge on any atom is 0.230 e. The molecule has 4 nitrogen and oxygen atoms in total. The van der Waals surface area contributed by atoms with Gasteiger partial charge < -0.3 is 5.32 Å². The zero-order chi connectivity index (χ0) is 12.3. The zero-order valence-electron chi connectivity index (χ0n) is 9.37. The van der Waals surface area contributed by atoms with Gasteiger partial charge in [-0.15, -0.1) is 0 Å². The summed E-state index contributed by atoms with van der Waals surface area (Å²) in [5.41, 5.74) is -0.272. The predicted molar refractivity (Wildman–Crippen MR) is 62.7 cm³/mol. The van der Waals surface area contributed by atoms with Crippen molar-refractivity contribution in [3.63, 3.8) is 0 Å². The molecule has 0 aliphatic carbocycles. The van der Waals surface area contributed by atoms with E-state index in [1.165, 1.54) is 12.3 Å². The summed E-state index contributed by atoms with van der Waals surface area (Å²) in [5.74, 6) is 0.0322. The molecule has 0 saturated heterocycles. The van der Waals surface area contributed by atoms with Gasteiger partial charge in [0.05, 0.1) is 10.6 Å². The number of carbonyl (C=O) groups is 2. The van der Waals surface area contributed by atoms with Gasteiger partial charge in [0.15, 0.2) is 6.29 Å². The Morgan fingerprint density at radius 2 is 2.12 bits per heavy atom. The monoisotopic (exact) mass is 240 g/mol. The third-order valence-electron chi connectivity index (χ3n) is 1.92. The Morgan fingerprint density at radius 3 is 2.62 bits per heavy atom. The molecular weight excluding hydrogens is 228 g/mol. The largest absolute Gasteiger partial charge is 0.310 e. The van der Waals surface area contributed by atoms with Crippen molar-refractivity contribution in [3.05, 3.63) is 22.8 Å². The minimum atomic E-state index is -0.540. The van der Waals surface area contributed by atoms with Crippen LogP contribution >= 0.6 is 11.6 Å². The molecule has 0 fully saturated rings. The van der Waals surface area contributed by atoms with E-state index in [2.05, 4.69) is 10.3 Å². The SMILES string of the molecule is CC(C)(C)C(=O)Nc1ncc(Cl)cc1C=O. The molecule has 5 heteroatoms. The molecule has 16 heavy (non-hydrogen) atoms. The number of hydrogen-bond acceptors (Lipinski definition) is 3. The summed E-state index contributed by atoms with van der Waals surface area (Å²) in [5, 5.41) is 2.95. The van der Waals surface area contributed by atoms with Gasteiger partial charge in [-0.1, -0.05) is 32.4 Å². The number of aldehydes is 1. The number of amides is 1. The number of nitrogens with zero attached hydrogens (tertiary/aromatic N) is 1. The summed E-state index contributed by atoms with van der Waals surface area (Å²) >= 11 is 5.69. The van der Waals surface area contributed by atoms with E-state index in [1.54, 1.807) is 20.8 Å². The van der Waals surface area contributed by atoms with Crippen molar-refractivity contribution in [3.8, 4) is 0 Å². The highest BCUT2D eigenvalue weighted by Gasteiger charge is 2.22. The van der Waals surface area contributed by atoms with Crippen LogP contribution in [0.2, 0.25) is 5.02 Å². The topological polar surface area (TPSA) is 59.1 Å². The van der Waals surface area contributed by atoms with Gasteiger partial charge in [-0.3, -0.25) is 9.59 Å². The molecule has 0 aromatic carbocycles. The third-order valence-corrected chi connectivity index (χ3v) is 2.13. The lowest BCUT2D eigenvalue weighted by molar-refractivity contribution is -0.123. The molecule has 1 amide bonds. The lowest BCUT2D eigenvalue weighted by Crippen LogP contribution is -2.28. The number of rotatable bonds is 2. The maximum atomic E-state index is 11.7. The van der Waals surface area contributed by atoms with E-state index in [4.69, 9.17) is 11.6 Å². The highest BCUT2D eigenvalue weighted by molar-refractivity contribution is 6.30. The van der Waals surface area contributed by atoms with Gasteiger partial charge in [-0.25, -0.2) is 4.98 Å². The van der Waals surface area contributed by atoms with Crippen LogP contribution in [0.15, 0.2) is 12.3 Å². The lowest BCUT2D eigenvalue weighted by atomic mass is 9.96. The number of carbonyl (C=O) groups excluding carboxylic acids is 2. The fraction of sp³-hybridized carbons (Fsp3) is 0.364. The summed E-state index contributed by atoms with van der Waals surface area (Å²) in [4.78, 5) is 26.4. The van der Waals surface area contributed by atoms with Gasteiger partial charge in [-0.05, 0) is 6.07 Å². The fourth-order valence-electron chi connectivity index (χ4n) is 0.944. The number of anilines is 1. The van der Waals surface area contributed by atoms with Crippen LogP contribution < -0.4 is 5.32 Å². The maximum absolute atomic E-state index is 11.7. The first-order valence-corrected chi connectivity index (χ1v) is 5.14. The molecular formula is C11H13ClN2O2. The summed E-state index contributed by atoms with van der Waals surface area (Å²) in [6.45, 7) is 5.33. The van der Waals surface area contributed by atoms with E-state index in [-0.39, 0.29) is 17.3 Å². The molecule has 0 atom stereocenters. The number of pyridine rings is 1. The summed E-state index contributed by atoms with van der Waals surface area (Å²) < 4.78 is 0. The fourth-order valence-corrected chi connectivity index (χ4v) is 1.11. The van der Waals surface area contributed by atoms with Crippen LogP contribution in [0, 0.1) is 5.41 Å². The van der Waals surface area contributed by atoms with E-state index >= 15 is 0 Å². The molecule has 0 aliphatic heterocycles. The molecule has 0 spiro atoms. The molecule has 1 N–H and O–H groups in total. The summed E-state index contributed by atoms with van der Waals surface area (Å²) in [6, 6.07) is 1.46. The number of nitrogens with one attached hydrogen (secondary N) is 1. The van der Waals surface area contributed by atoms with Crippen LogP contribution in [-0.2, 0) is 4.79 Å². The quantitative estimate of drug-likeness (QED) is 0.809. The van der Waals surface area contributed by atoms with Crippen LogP contribution in [-0.4, -0.2) is 17.2 Å². The summed E-state index contributed by atoms with van der Waals surface area (Å²) in [6.07, 6.45) is 1.99. The van der Waals surface area contributed by atoms with Gasteiger partial charge in [0.25, 0.3) is 0 Å². The van der Waals surface area contributed by atoms with E-state index in [0.29, 0.717) is 11.3 Å². The Kier molecular flexibility index (Phi) is 3.65. The molecule has 86 valence electrons. The zero-order valence-corrected chi connectivity index (χ0v) is 10.1. The first-order valence-electron chi connectivity index (χ1n) is 4.77.